The van der Waals surface area contributed by atoms with Crippen molar-refractivity contribution in [3.8, 4) is 21.4 Å². The van der Waals surface area contributed by atoms with E-state index in [0.29, 0.717) is 23.5 Å². The molecule has 0 aliphatic heterocycles. The van der Waals surface area contributed by atoms with Crippen LogP contribution in [-0.4, -0.2) is 44.7 Å². The van der Waals surface area contributed by atoms with Gasteiger partial charge in [-0.2, -0.15) is 0 Å². The summed E-state index contributed by atoms with van der Waals surface area (Å²) in [5.41, 5.74) is 5.20. The Balaban J connectivity index is 0.00000210. The molecular formula is C28H36Cl4N8S. The van der Waals surface area contributed by atoms with Crippen molar-refractivity contribution in [1.82, 2.24) is 30.6 Å². The molecule has 41 heavy (non-hydrogen) atoms. The Morgan fingerprint density at radius 2 is 1.07 bits per heavy atom. The maximum Gasteiger partial charge on any atom is 0.148 e. The minimum Gasteiger partial charge on any atom is -0.370 e. The molecule has 0 amide bonds. The van der Waals surface area contributed by atoms with Crippen LogP contribution in [0.1, 0.15) is 38.8 Å². The van der Waals surface area contributed by atoms with Gasteiger partial charge in [-0.1, -0.05) is 27.7 Å². The first-order chi connectivity index (χ1) is 17.8. The largest absolute Gasteiger partial charge is 0.370 e. The van der Waals surface area contributed by atoms with Crippen LogP contribution in [0.3, 0.4) is 0 Å². The number of fused-ring (bicyclic) bond motifs is 2. The first-order valence-electron chi connectivity index (χ1n) is 12.5. The molecule has 5 rings (SSSR count). The molecule has 0 bridgehead atoms. The van der Waals surface area contributed by atoms with Gasteiger partial charge in [-0.3, -0.25) is 10.8 Å². The summed E-state index contributed by atoms with van der Waals surface area (Å²) in [5.74, 6) is 3.38. The Labute approximate surface area is 268 Å². The number of nitrogens with zero attached hydrogens (tertiary/aromatic N) is 2. The van der Waals surface area contributed by atoms with Crippen LogP contribution in [-0.2, 0) is 0 Å². The zero-order valence-electron chi connectivity index (χ0n) is 23.1. The lowest BCUT2D eigenvalue weighted by atomic mass is 10.1. The average molecular weight is 659 g/mol. The minimum atomic E-state index is 0. The summed E-state index contributed by atoms with van der Waals surface area (Å²) in [7, 11) is 0. The molecule has 0 radical (unpaired) electrons. The fourth-order valence-corrected chi connectivity index (χ4v) is 4.86. The number of amidine groups is 2. The van der Waals surface area contributed by atoms with Crippen LogP contribution in [0.4, 0.5) is 0 Å². The summed E-state index contributed by atoms with van der Waals surface area (Å²) < 4.78 is 0. The van der Waals surface area contributed by atoms with E-state index in [4.69, 9.17) is 20.8 Å². The summed E-state index contributed by atoms with van der Waals surface area (Å²) >= 11 is 1.62. The number of hydrogen-bond donors (Lipinski definition) is 6. The first kappa shape index (κ1) is 36.2. The molecule has 2 aromatic carbocycles. The maximum atomic E-state index is 8.32. The highest BCUT2D eigenvalue weighted by Gasteiger charge is 2.14. The van der Waals surface area contributed by atoms with Gasteiger partial charge in [0, 0.05) is 24.2 Å². The monoisotopic (exact) mass is 656 g/mol. The zero-order valence-corrected chi connectivity index (χ0v) is 27.2. The van der Waals surface area contributed by atoms with Crippen LogP contribution in [0.5, 0.6) is 0 Å². The number of aromatic amines is 2. The van der Waals surface area contributed by atoms with Crippen LogP contribution in [0.2, 0.25) is 0 Å². The first-order valence-corrected chi connectivity index (χ1v) is 13.3. The van der Waals surface area contributed by atoms with Crippen molar-refractivity contribution in [2.24, 2.45) is 11.8 Å². The lowest BCUT2D eigenvalue weighted by molar-refractivity contribution is 0.624. The quantitative estimate of drug-likeness (QED) is 0.0756. The van der Waals surface area contributed by atoms with E-state index < -0.39 is 0 Å². The highest BCUT2D eigenvalue weighted by atomic mass is 35.5. The Hall–Kier alpha value is -2.82. The Morgan fingerprint density at radius 1 is 0.683 bits per heavy atom. The van der Waals surface area contributed by atoms with Crippen LogP contribution >= 0.6 is 61.0 Å². The molecule has 0 atom stereocenters. The van der Waals surface area contributed by atoms with Gasteiger partial charge in [-0.05, 0) is 60.4 Å². The number of imidazole rings is 2. The number of thiophene rings is 1. The maximum absolute atomic E-state index is 8.32. The SMILES string of the molecule is CC(C)CNC(=N)c1ccc2[nH]c(-c3ccc(-c4nc5cc(C(=N)NCC(C)C)ccc5[nH]4)s3)nc2c1.Cl.Cl.Cl.Cl. The average Bonchev–Trinajstić information content (AvgIpc) is 3.61. The molecule has 3 heterocycles. The summed E-state index contributed by atoms with van der Waals surface area (Å²) in [6.45, 7) is 10.0. The fourth-order valence-electron chi connectivity index (χ4n) is 3.96. The van der Waals surface area contributed by atoms with Gasteiger partial charge in [0.2, 0.25) is 0 Å². The number of H-pyrrole nitrogens is 2. The third-order valence-corrected chi connectivity index (χ3v) is 7.09. The molecule has 6 N–H and O–H groups in total. The number of benzene rings is 2. The van der Waals surface area contributed by atoms with Gasteiger partial charge < -0.3 is 20.6 Å². The number of hydrogen-bond acceptors (Lipinski definition) is 5. The molecule has 222 valence electrons. The van der Waals surface area contributed by atoms with Gasteiger partial charge in [0.15, 0.2) is 0 Å². The fraction of sp³-hybridized carbons (Fsp3) is 0.286. The number of nitrogens with one attached hydrogen (secondary N) is 6. The lowest BCUT2D eigenvalue weighted by Gasteiger charge is -2.09. The second kappa shape index (κ2) is 15.4. The minimum absolute atomic E-state index is 0. The van der Waals surface area contributed by atoms with Gasteiger partial charge in [0.05, 0.1) is 31.8 Å². The molecule has 0 saturated carbocycles. The standard InChI is InChI=1S/C28H32N8S.4ClH/c1-15(2)13-31-25(29)17-5-7-19-21(11-17)35-27(33-19)23-9-10-24(37-23)28-34-20-8-6-18(12-22(20)36-28)26(30)32-14-16(3)4;;;;/h5-12,15-16H,13-14H2,1-4H3,(H2,29,31)(H2,30,32)(H,33,35)(H,34,36);4*1H. The second-order valence-electron chi connectivity index (χ2n) is 10.1. The molecule has 3 aromatic heterocycles. The predicted octanol–water partition coefficient (Wildman–Crippen LogP) is 7.66. The van der Waals surface area contributed by atoms with Gasteiger partial charge in [0.1, 0.15) is 23.3 Å². The van der Waals surface area contributed by atoms with Crippen molar-refractivity contribution in [3.05, 3.63) is 59.7 Å². The van der Waals surface area contributed by atoms with Crippen LogP contribution in [0, 0.1) is 22.7 Å². The molecule has 0 saturated heterocycles. The van der Waals surface area contributed by atoms with E-state index in [1.54, 1.807) is 11.3 Å². The Kier molecular flexibility index (Phi) is 13.6. The van der Waals surface area contributed by atoms with Gasteiger partial charge >= 0.3 is 0 Å². The van der Waals surface area contributed by atoms with E-state index in [1.807, 2.05) is 36.4 Å². The molecular weight excluding hydrogens is 622 g/mol. The highest BCUT2D eigenvalue weighted by Crippen LogP contribution is 2.34. The molecule has 0 aliphatic carbocycles. The number of rotatable bonds is 8. The van der Waals surface area contributed by atoms with Crippen LogP contribution < -0.4 is 10.6 Å². The molecule has 0 spiro atoms. The summed E-state index contributed by atoms with van der Waals surface area (Å²) in [5, 5.41) is 23.0. The Bertz CT molecular complexity index is 1490. The third kappa shape index (κ3) is 8.36. The van der Waals surface area contributed by atoms with Crippen molar-refractivity contribution in [2.75, 3.05) is 13.1 Å². The molecule has 0 unspecified atom stereocenters. The van der Waals surface area contributed by atoms with Crippen molar-refractivity contribution >= 4 is 94.7 Å². The van der Waals surface area contributed by atoms with Crippen LogP contribution in [0.25, 0.3) is 43.5 Å². The highest BCUT2D eigenvalue weighted by molar-refractivity contribution is 7.18. The van der Waals surface area contributed by atoms with Crippen molar-refractivity contribution in [3.63, 3.8) is 0 Å². The number of halogens is 4. The Morgan fingerprint density at radius 3 is 1.44 bits per heavy atom. The van der Waals surface area contributed by atoms with E-state index >= 15 is 0 Å². The van der Waals surface area contributed by atoms with E-state index in [1.165, 1.54) is 0 Å². The van der Waals surface area contributed by atoms with E-state index in [2.05, 4.69) is 60.4 Å². The van der Waals surface area contributed by atoms with Crippen LogP contribution in [0.15, 0.2) is 48.5 Å². The zero-order chi connectivity index (χ0) is 26.1. The van der Waals surface area contributed by atoms with Gasteiger partial charge in [-0.25, -0.2) is 9.97 Å². The molecule has 13 heteroatoms. The van der Waals surface area contributed by atoms with E-state index in [9.17, 15) is 0 Å². The van der Waals surface area contributed by atoms with Crippen molar-refractivity contribution < 1.29 is 0 Å². The normalized spacial score (nSPS) is 10.5. The molecule has 5 aromatic rings. The predicted molar refractivity (Wildman–Crippen MR) is 183 cm³/mol. The lowest BCUT2D eigenvalue weighted by Crippen LogP contribution is -2.27. The molecule has 0 aliphatic rings. The summed E-state index contributed by atoms with van der Waals surface area (Å²) in [6.07, 6.45) is 0. The van der Waals surface area contributed by atoms with Crippen molar-refractivity contribution in [2.45, 2.75) is 27.7 Å². The third-order valence-electron chi connectivity index (χ3n) is 5.99. The van der Waals surface area contributed by atoms with Gasteiger partial charge in [0.25, 0.3) is 0 Å². The van der Waals surface area contributed by atoms with Crippen molar-refractivity contribution in [1.29, 1.82) is 10.8 Å². The summed E-state index contributed by atoms with van der Waals surface area (Å²) in [4.78, 5) is 18.4. The van der Waals surface area contributed by atoms with Gasteiger partial charge in [-0.15, -0.1) is 61.0 Å². The number of aromatic nitrogens is 4. The second-order valence-corrected chi connectivity index (χ2v) is 11.2. The molecule has 8 nitrogen and oxygen atoms in total. The van der Waals surface area contributed by atoms with E-state index in [-0.39, 0.29) is 49.6 Å². The topological polar surface area (TPSA) is 129 Å². The smallest absolute Gasteiger partial charge is 0.148 e. The summed E-state index contributed by atoms with van der Waals surface area (Å²) in [6, 6.07) is 15.8. The molecule has 0 fully saturated rings. The van der Waals surface area contributed by atoms with E-state index in [0.717, 1.165) is 67.7 Å².